The van der Waals surface area contributed by atoms with Gasteiger partial charge in [-0.15, -0.1) is 0 Å². The molecule has 1 saturated carbocycles. The molecule has 0 aliphatic heterocycles. The van der Waals surface area contributed by atoms with E-state index in [1.807, 2.05) is 6.92 Å². The molecule has 6 nitrogen and oxygen atoms in total. The van der Waals surface area contributed by atoms with Crippen molar-refractivity contribution >= 4 is 12.0 Å². The molecule has 0 unspecified atom stereocenters. The van der Waals surface area contributed by atoms with Crippen LogP contribution in [0.15, 0.2) is 0 Å². The maximum absolute atomic E-state index is 12.1. The summed E-state index contributed by atoms with van der Waals surface area (Å²) in [6.45, 7) is 2.21. The summed E-state index contributed by atoms with van der Waals surface area (Å²) >= 11 is 0. The summed E-state index contributed by atoms with van der Waals surface area (Å²) in [5.41, 5.74) is 0. The summed E-state index contributed by atoms with van der Waals surface area (Å²) < 4.78 is 0. The number of hydrogen-bond acceptors (Lipinski definition) is 3. The molecule has 0 aromatic rings. The number of carboxylic acids is 1. The standard InChI is InChI=1S/C13H24N2O4/c1-2-15(10-6-4-3-5-7-10)13(19)14-11(8-9-16)12(17)18/h10-11,16H,2-9H2,1H3,(H,14,19)(H,17,18)/t11-/m0/s1. The Kier molecular flexibility index (Phi) is 6.62. The van der Waals surface area contributed by atoms with Crippen LogP contribution in [-0.4, -0.2) is 52.3 Å². The minimum Gasteiger partial charge on any atom is -0.480 e. The zero-order valence-electron chi connectivity index (χ0n) is 11.5. The summed E-state index contributed by atoms with van der Waals surface area (Å²) in [5, 5.41) is 20.3. The Morgan fingerprint density at radius 1 is 1.32 bits per heavy atom. The molecule has 2 amide bonds. The van der Waals surface area contributed by atoms with Crippen LogP contribution in [0.4, 0.5) is 4.79 Å². The summed E-state index contributed by atoms with van der Waals surface area (Å²) in [7, 11) is 0. The molecule has 0 spiro atoms. The first-order chi connectivity index (χ1) is 9.10. The summed E-state index contributed by atoms with van der Waals surface area (Å²) in [6.07, 6.45) is 5.44. The molecule has 0 heterocycles. The fourth-order valence-corrected chi connectivity index (χ4v) is 2.58. The molecule has 1 aliphatic rings. The van der Waals surface area contributed by atoms with E-state index in [0.29, 0.717) is 6.54 Å². The van der Waals surface area contributed by atoms with Crippen LogP contribution < -0.4 is 5.32 Å². The number of carboxylic acid groups (broad SMARTS) is 1. The van der Waals surface area contributed by atoms with Gasteiger partial charge in [0.15, 0.2) is 0 Å². The molecule has 0 aromatic carbocycles. The van der Waals surface area contributed by atoms with Crippen LogP contribution in [0.3, 0.4) is 0 Å². The SMILES string of the molecule is CCN(C(=O)N[C@@H](CCO)C(=O)O)C1CCCCC1. The summed E-state index contributed by atoms with van der Waals surface area (Å²) in [6, 6.07) is -1.15. The number of hydrogen-bond donors (Lipinski definition) is 3. The second kappa shape index (κ2) is 7.99. The molecule has 3 N–H and O–H groups in total. The lowest BCUT2D eigenvalue weighted by Gasteiger charge is -2.34. The lowest BCUT2D eigenvalue weighted by atomic mass is 9.94. The molecule has 19 heavy (non-hydrogen) atoms. The molecule has 1 rings (SSSR count). The number of urea groups is 1. The van der Waals surface area contributed by atoms with Gasteiger partial charge >= 0.3 is 12.0 Å². The van der Waals surface area contributed by atoms with Crippen molar-refractivity contribution in [3.8, 4) is 0 Å². The summed E-state index contributed by atoms with van der Waals surface area (Å²) in [5.74, 6) is -1.11. The largest absolute Gasteiger partial charge is 0.480 e. The Labute approximate surface area is 113 Å². The van der Waals surface area contributed by atoms with Crippen molar-refractivity contribution in [3.05, 3.63) is 0 Å². The average Bonchev–Trinajstić information content (AvgIpc) is 2.40. The zero-order chi connectivity index (χ0) is 14.3. The van der Waals surface area contributed by atoms with Crippen LogP contribution in [0.5, 0.6) is 0 Å². The molecule has 0 bridgehead atoms. The number of rotatable bonds is 6. The number of aliphatic carboxylic acids is 1. The van der Waals surface area contributed by atoms with Crippen LogP contribution in [0, 0.1) is 0 Å². The first kappa shape index (κ1) is 15.8. The number of aliphatic hydroxyl groups is 1. The van der Waals surface area contributed by atoms with E-state index in [-0.39, 0.29) is 25.1 Å². The van der Waals surface area contributed by atoms with Gasteiger partial charge in [0.1, 0.15) is 6.04 Å². The fourth-order valence-electron chi connectivity index (χ4n) is 2.58. The molecule has 0 aromatic heterocycles. The van der Waals surface area contributed by atoms with Crippen LogP contribution in [0.2, 0.25) is 0 Å². The van der Waals surface area contributed by atoms with E-state index in [1.165, 1.54) is 6.42 Å². The molecule has 0 saturated heterocycles. The van der Waals surface area contributed by atoms with E-state index in [2.05, 4.69) is 5.32 Å². The third kappa shape index (κ3) is 4.70. The van der Waals surface area contributed by atoms with Crippen molar-refractivity contribution in [2.75, 3.05) is 13.2 Å². The van der Waals surface area contributed by atoms with E-state index >= 15 is 0 Å². The highest BCUT2D eigenvalue weighted by Gasteiger charge is 2.27. The van der Waals surface area contributed by atoms with Gasteiger partial charge in [0.2, 0.25) is 0 Å². The van der Waals surface area contributed by atoms with Gasteiger partial charge in [-0.05, 0) is 19.8 Å². The van der Waals surface area contributed by atoms with Gasteiger partial charge in [0.05, 0.1) is 0 Å². The van der Waals surface area contributed by atoms with Crippen molar-refractivity contribution in [1.29, 1.82) is 0 Å². The van der Waals surface area contributed by atoms with Gasteiger partial charge in [-0.3, -0.25) is 0 Å². The Balaban J connectivity index is 2.58. The van der Waals surface area contributed by atoms with Crippen LogP contribution in [-0.2, 0) is 4.79 Å². The van der Waals surface area contributed by atoms with Crippen molar-refractivity contribution < 1.29 is 19.8 Å². The summed E-state index contributed by atoms with van der Waals surface area (Å²) in [4.78, 5) is 24.8. The third-order valence-corrected chi connectivity index (χ3v) is 3.63. The molecule has 1 atom stereocenters. The van der Waals surface area contributed by atoms with Crippen molar-refractivity contribution in [2.45, 2.75) is 57.5 Å². The van der Waals surface area contributed by atoms with Crippen molar-refractivity contribution in [3.63, 3.8) is 0 Å². The van der Waals surface area contributed by atoms with Gasteiger partial charge in [-0.25, -0.2) is 9.59 Å². The van der Waals surface area contributed by atoms with E-state index in [1.54, 1.807) is 4.90 Å². The predicted molar refractivity (Wildman–Crippen MR) is 70.9 cm³/mol. The number of aliphatic hydroxyl groups excluding tert-OH is 1. The number of amides is 2. The highest BCUT2D eigenvalue weighted by Crippen LogP contribution is 2.22. The molecule has 1 aliphatic carbocycles. The third-order valence-electron chi connectivity index (χ3n) is 3.63. The predicted octanol–water partition coefficient (Wildman–Crippen LogP) is 1.19. The maximum atomic E-state index is 12.1. The van der Waals surface area contributed by atoms with Gasteiger partial charge < -0.3 is 20.4 Å². The molecule has 0 radical (unpaired) electrons. The van der Waals surface area contributed by atoms with Gasteiger partial charge in [0.25, 0.3) is 0 Å². The number of nitrogens with one attached hydrogen (secondary N) is 1. The van der Waals surface area contributed by atoms with E-state index in [4.69, 9.17) is 10.2 Å². The molecule has 1 fully saturated rings. The molecule has 6 heteroatoms. The van der Waals surface area contributed by atoms with E-state index < -0.39 is 12.0 Å². The number of nitrogens with zero attached hydrogens (tertiary/aromatic N) is 1. The topological polar surface area (TPSA) is 89.9 Å². The Bertz CT molecular complexity index is 303. The normalized spacial score (nSPS) is 17.8. The second-order valence-corrected chi connectivity index (χ2v) is 4.93. The first-order valence-electron chi connectivity index (χ1n) is 7.01. The van der Waals surface area contributed by atoms with Gasteiger partial charge in [-0.2, -0.15) is 0 Å². The fraction of sp³-hybridized carbons (Fsp3) is 0.846. The monoisotopic (exact) mass is 272 g/mol. The lowest BCUT2D eigenvalue weighted by molar-refractivity contribution is -0.139. The molecular weight excluding hydrogens is 248 g/mol. The number of carbonyl (C=O) groups excluding carboxylic acids is 1. The maximum Gasteiger partial charge on any atom is 0.326 e. The van der Waals surface area contributed by atoms with Crippen molar-refractivity contribution in [2.24, 2.45) is 0 Å². The average molecular weight is 272 g/mol. The van der Waals surface area contributed by atoms with Gasteiger partial charge in [0, 0.05) is 25.6 Å². The lowest BCUT2D eigenvalue weighted by Crippen LogP contribution is -2.51. The minimum atomic E-state index is -1.11. The molecule has 110 valence electrons. The van der Waals surface area contributed by atoms with E-state index in [9.17, 15) is 9.59 Å². The Morgan fingerprint density at radius 3 is 2.42 bits per heavy atom. The van der Waals surface area contributed by atoms with Crippen molar-refractivity contribution in [1.82, 2.24) is 10.2 Å². The number of carbonyl (C=O) groups is 2. The molecular formula is C13H24N2O4. The first-order valence-corrected chi connectivity index (χ1v) is 7.01. The van der Waals surface area contributed by atoms with Crippen LogP contribution in [0.1, 0.15) is 45.4 Å². The highest BCUT2D eigenvalue weighted by atomic mass is 16.4. The van der Waals surface area contributed by atoms with Crippen LogP contribution >= 0.6 is 0 Å². The Morgan fingerprint density at radius 2 is 1.95 bits per heavy atom. The second-order valence-electron chi connectivity index (χ2n) is 4.93. The van der Waals surface area contributed by atoms with Crippen LogP contribution in [0.25, 0.3) is 0 Å². The van der Waals surface area contributed by atoms with E-state index in [0.717, 1.165) is 25.7 Å². The minimum absolute atomic E-state index is 0.0310. The smallest absolute Gasteiger partial charge is 0.326 e. The zero-order valence-corrected chi connectivity index (χ0v) is 11.5. The Hall–Kier alpha value is -1.30. The quantitative estimate of drug-likeness (QED) is 0.677. The van der Waals surface area contributed by atoms with Gasteiger partial charge in [-0.1, -0.05) is 19.3 Å². The highest BCUT2D eigenvalue weighted by molar-refractivity contribution is 5.82.